The van der Waals surface area contributed by atoms with Gasteiger partial charge in [0.1, 0.15) is 0 Å². The molecule has 0 heterocycles. The van der Waals surface area contributed by atoms with E-state index in [2.05, 4.69) is 192 Å². The van der Waals surface area contributed by atoms with E-state index in [-0.39, 0.29) is 10.8 Å². The summed E-state index contributed by atoms with van der Waals surface area (Å²) in [5.41, 5.74) is 10.6. The summed E-state index contributed by atoms with van der Waals surface area (Å²) >= 11 is 1.46. The third kappa shape index (κ3) is 9.82. The van der Waals surface area contributed by atoms with Gasteiger partial charge in [-0.25, -0.2) is 5.57 Å². The zero-order chi connectivity index (χ0) is 36.1. The molecule has 0 bridgehead atoms. The second-order valence-electron chi connectivity index (χ2n) is 16.5. The first-order chi connectivity index (χ1) is 23.0. The molecule has 0 unspecified atom stereocenters. The molecule has 0 saturated carbocycles. The first kappa shape index (κ1) is 38.8. The minimum absolute atomic E-state index is 0.203. The van der Waals surface area contributed by atoms with Gasteiger partial charge in [-0.2, -0.15) is 11.1 Å². The zero-order valence-electron chi connectivity index (χ0n) is 32.3. The standard InChI is InChI=1S/C21H25.C14H23.C13H10.Zr/c1-20(2,3)16-7-9-18-14(12-16)11-15-13-17(21(4,5)6)8-10-19(15)18;1-9(2)12-7-8-13(10(3)4)14(12)11(5)6;1-3-7-12(8-4-1)11-13-9-5-2-6-10-13;/h7-13H,1-6H3;9-11H,7H2,1-6H3;1-10H;/q2*-1;;+2. The summed E-state index contributed by atoms with van der Waals surface area (Å²) < 4.78 is 1.42. The van der Waals surface area contributed by atoms with Crippen LogP contribution >= 0.6 is 0 Å². The first-order valence-electron chi connectivity index (χ1n) is 18.2. The molecule has 0 aromatic heterocycles. The van der Waals surface area contributed by atoms with Gasteiger partial charge in [0, 0.05) is 0 Å². The van der Waals surface area contributed by atoms with E-state index in [0.717, 1.165) is 6.42 Å². The maximum absolute atomic E-state index is 3.56. The summed E-state index contributed by atoms with van der Waals surface area (Å²) in [6.45, 7) is 27.4. The second-order valence-corrected chi connectivity index (χ2v) is 17.8. The van der Waals surface area contributed by atoms with Crippen molar-refractivity contribution in [2.75, 3.05) is 0 Å². The molecule has 254 valence electrons. The average molecular weight is 726 g/mol. The molecule has 0 spiro atoms. The number of benzene rings is 4. The van der Waals surface area contributed by atoms with E-state index in [1.54, 1.807) is 11.1 Å². The fraction of sp³-hybridized carbons (Fsp3) is 0.375. The molecule has 5 aromatic carbocycles. The molecule has 0 amide bonds. The Labute approximate surface area is 313 Å². The van der Waals surface area contributed by atoms with Gasteiger partial charge in [-0.1, -0.05) is 130 Å². The van der Waals surface area contributed by atoms with E-state index in [0.29, 0.717) is 17.8 Å². The molecule has 1 aliphatic carbocycles. The van der Waals surface area contributed by atoms with Crippen molar-refractivity contribution >= 4 is 24.8 Å². The predicted molar refractivity (Wildman–Crippen MR) is 213 cm³/mol. The molecule has 1 aliphatic rings. The van der Waals surface area contributed by atoms with Crippen molar-refractivity contribution < 1.29 is 24.2 Å². The fourth-order valence-corrected chi connectivity index (χ4v) is 7.42. The topological polar surface area (TPSA) is 0 Å². The van der Waals surface area contributed by atoms with Crippen molar-refractivity contribution in [2.24, 2.45) is 17.8 Å². The van der Waals surface area contributed by atoms with E-state index in [1.807, 2.05) is 0 Å². The van der Waals surface area contributed by atoms with E-state index in [1.165, 1.54) is 76.8 Å². The number of hydrogen-bond donors (Lipinski definition) is 0. The average Bonchev–Trinajstić information content (AvgIpc) is 3.67. The molecule has 6 rings (SSSR count). The molecule has 0 nitrogen and oxygen atoms in total. The van der Waals surface area contributed by atoms with Crippen molar-refractivity contribution in [3.05, 3.63) is 148 Å². The number of allylic oxidation sites excluding steroid dienone is 4. The SMILES string of the molecule is CC(C)(C)c1ccc2c(c1)[cH-]c1cc(C(C)(C)C)ccc12.CC(C)C1=[C-]CC(C(C)C)=C1C(C)C.[Zr+2]=[C](c1ccccc1)c1ccccc1. The van der Waals surface area contributed by atoms with Crippen LogP contribution in [0.4, 0.5) is 0 Å². The van der Waals surface area contributed by atoms with Crippen LogP contribution in [0.3, 0.4) is 0 Å². The van der Waals surface area contributed by atoms with E-state index >= 15 is 0 Å². The van der Waals surface area contributed by atoms with E-state index in [9.17, 15) is 0 Å². The van der Waals surface area contributed by atoms with Crippen LogP contribution in [0, 0.1) is 23.8 Å². The summed E-state index contributed by atoms with van der Waals surface area (Å²) in [6, 6.07) is 37.3. The molecule has 0 N–H and O–H groups in total. The van der Waals surface area contributed by atoms with Gasteiger partial charge >= 0.3 is 99.2 Å². The number of rotatable bonds is 5. The monoisotopic (exact) mass is 724 g/mol. The van der Waals surface area contributed by atoms with Crippen molar-refractivity contribution in [1.82, 2.24) is 0 Å². The van der Waals surface area contributed by atoms with Crippen molar-refractivity contribution in [3.63, 3.8) is 0 Å². The van der Waals surface area contributed by atoms with E-state index in [4.69, 9.17) is 0 Å². The van der Waals surface area contributed by atoms with E-state index < -0.39 is 0 Å². The normalized spacial score (nSPS) is 13.5. The van der Waals surface area contributed by atoms with Gasteiger partial charge in [-0.05, 0) is 16.7 Å². The summed E-state index contributed by atoms with van der Waals surface area (Å²) in [5.74, 6) is 1.96. The van der Waals surface area contributed by atoms with Crippen LogP contribution in [0.2, 0.25) is 0 Å². The zero-order valence-corrected chi connectivity index (χ0v) is 34.7. The summed E-state index contributed by atoms with van der Waals surface area (Å²) in [6.07, 6.45) is 4.63. The Morgan fingerprint density at radius 1 is 0.592 bits per heavy atom. The van der Waals surface area contributed by atoms with Crippen LogP contribution in [0.15, 0.2) is 120 Å². The Balaban J connectivity index is 0.000000172. The Morgan fingerprint density at radius 2 is 1.02 bits per heavy atom. The van der Waals surface area contributed by atoms with Crippen LogP contribution in [-0.4, -0.2) is 3.21 Å². The Kier molecular flexibility index (Phi) is 12.9. The molecule has 0 fully saturated rings. The Bertz CT molecular complexity index is 1800. The van der Waals surface area contributed by atoms with Crippen LogP contribution in [0.1, 0.15) is 112 Å². The van der Waals surface area contributed by atoms with Crippen molar-refractivity contribution in [1.29, 1.82) is 0 Å². The quantitative estimate of drug-likeness (QED) is 0.158. The summed E-state index contributed by atoms with van der Waals surface area (Å²) in [7, 11) is 0. The van der Waals surface area contributed by atoms with Gasteiger partial charge in [0.15, 0.2) is 0 Å². The third-order valence-electron chi connectivity index (χ3n) is 9.52. The van der Waals surface area contributed by atoms with Gasteiger partial charge in [0.05, 0.1) is 0 Å². The molecule has 0 radical (unpaired) electrons. The summed E-state index contributed by atoms with van der Waals surface area (Å²) in [4.78, 5) is 0. The molecule has 0 aliphatic heterocycles. The molecule has 1 heteroatoms. The predicted octanol–water partition coefficient (Wildman–Crippen LogP) is 13.5. The van der Waals surface area contributed by atoms with Crippen LogP contribution in [0.5, 0.6) is 0 Å². The number of hydrogen-bond acceptors (Lipinski definition) is 0. The van der Waals surface area contributed by atoms with Gasteiger partial charge in [0.2, 0.25) is 0 Å². The van der Waals surface area contributed by atoms with Crippen molar-refractivity contribution in [2.45, 2.75) is 100 Å². The third-order valence-corrected chi connectivity index (χ3v) is 10.9. The molecular weight excluding hydrogens is 668 g/mol. The molecule has 49 heavy (non-hydrogen) atoms. The second kappa shape index (κ2) is 16.3. The van der Waals surface area contributed by atoms with Gasteiger partial charge in [-0.15, -0.1) is 46.2 Å². The van der Waals surface area contributed by atoms with Crippen molar-refractivity contribution in [3.8, 4) is 0 Å². The van der Waals surface area contributed by atoms with Crippen LogP contribution in [0.25, 0.3) is 21.5 Å². The molecular formula is C48H58Zr. The Hall–Kier alpha value is -3.02. The van der Waals surface area contributed by atoms with Crippen LogP contribution in [-0.2, 0) is 35.1 Å². The fourth-order valence-electron chi connectivity index (χ4n) is 6.60. The summed E-state index contributed by atoms with van der Waals surface area (Å²) in [5, 5.41) is 5.48. The van der Waals surface area contributed by atoms with Gasteiger partial charge < -0.3 is 0 Å². The molecule has 0 atom stereocenters. The maximum atomic E-state index is 3.56. The number of fused-ring (bicyclic) bond motifs is 3. The van der Waals surface area contributed by atoms with Gasteiger partial charge in [-0.3, -0.25) is 6.08 Å². The van der Waals surface area contributed by atoms with Gasteiger partial charge in [0.25, 0.3) is 0 Å². The minimum atomic E-state index is 0.203. The van der Waals surface area contributed by atoms with Crippen LogP contribution < -0.4 is 0 Å². The molecule has 5 aromatic rings. The first-order valence-corrected chi connectivity index (χ1v) is 19.4. The Morgan fingerprint density at radius 3 is 1.37 bits per heavy atom. The molecule has 0 saturated heterocycles.